The van der Waals surface area contributed by atoms with E-state index >= 15 is 0 Å². The van der Waals surface area contributed by atoms with Crippen LogP contribution in [0.15, 0.2) is 57.9 Å². The number of hydrogen-bond donors (Lipinski definition) is 1. The molecule has 26 heavy (non-hydrogen) atoms. The van der Waals surface area contributed by atoms with E-state index in [1.54, 1.807) is 19.1 Å². The molecule has 1 heterocycles. The molecule has 0 spiro atoms. The van der Waals surface area contributed by atoms with Gasteiger partial charge in [-0.05, 0) is 38.1 Å². The Kier molecular flexibility index (Phi) is 5.06. The van der Waals surface area contributed by atoms with E-state index in [9.17, 15) is 8.42 Å². The summed E-state index contributed by atoms with van der Waals surface area (Å²) in [5.74, 6) is 1.18. The minimum absolute atomic E-state index is 0.128. The first-order valence-electron chi connectivity index (χ1n) is 7.96. The van der Waals surface area contributed by atoms with E-state index in [0.717, 1.165) is 11.1 Å². The van der Waals surface area contributed by atoms with Crippen LogP contribution < -0.4 is 9.46 Å². The lowest BCUT2D eigenvalue weighted by Crippen LogP contribution is -2.27. The number of nitrogens with zero attached hydrogens (tertiary/aromatic N) is 2. The molecule has 1 aromatic heterocycles. The van der Waals surface area contributed by atoms with Crippen molar-refractivity contribution >= 4 is 10.0 Å². The van der Waals surface area contributed by atoms with Gasteiger partial charge in [0.15, 0.2) is 0 Å². The van der Waals surface area contributed by atoms with E-state index in [1.165, 1.54) is 19.2 Å². The highest BCUT2D eigenvalue weighted by Gasteiger charge is 2.22. The van der Waals surface area contributed by atoms with Crippen LogP contribution in [0.3, 0.4) is 0 Å². The largest absolute Gasteiger partial charge is 0.497 e. The van der Waals surface area contributed by atoms with Crippen molar-refractivity contribution < 1.29 is 17.7 Å². The van der Waals surface area contributed by atoms with Crippen LogP contribution in [0.4, 0.5) is 0 Å². The minimum atomic E-state index is -3.73. The molecular weight excluding hydrogens is 354 g/mol. The normalized spacial score (nSPS) is 12.7. The third-order valence-electron chi connectivity index (χ3n) is 3.82. The van der Waals surface area contributed by atoms with E-state index in [-0.39, 0.29) is 10.8 Å². The Morgan fingerprint density at radius 1 is 1.08 bits per heavy atom. The van der Waals surface area contributed by atoms with Crippen LogP contribution in [0.5, 0.6) is 5.75 Å². The van der Waals surface area contributed by atoms with Crippen LogP contribution in [-0.2, 0) is 10.0 Å². The van der Waals surface area contributed by atoms with Gasteiger partial charge in [-0.2, -0.15) is 9.71 Å². The Bertz CT molecular complexity index is 980. The van der Waals surface area contributed by atoms with E-state index in [2.05, 4.69) is 14.9 Å². The summed E-state index contributed by atoms with van der Waals surface area (Å²) in [4.78, 5) is 4.42. The molecule has 0 fully saturated rings. The predicted molar refractivity (Wildman–Crippen MR) is 96.2 cm³/mol. The van der Waals surface area contributed by atoms with Gasteiger partial charge < -0.3 is 9.26 Å². The van der Waals surface area contributed by atoms with Crippen LogP contribution in [0, 0.1) is 6.92 Å². The number of ether oxygens (including phenoxy) is 1. The zero-order valence-electron chi connectivity index (χ0n) is 14.6. The number of methoxy groups -OCH3 is 1. The minimum Gasteiger partial charge on any atom is -0.497 e. The van der Waals surface area contributed by atoms with Crippen LogP contribution in [-0.4, -0.2) is 25.7 Å². The van der Waals surface area contributed by atoms with Gasteiger partial charge in [0.1, 0.15) is 5.75 Å². The molecule has 0 aliphatic carbocycles. The molecule has 8 heteroatoms. The van der Waals surface area contributed by atoms with Crippen molar-refractivity contribution in [3.8, 4) is 17.1 Å². The SMILES string of the molecule is COc1ccc(S(=O)(=O)N[C@@H](C)c2nc(-c3ccc(C)cc3)no2)cc1. The Labute approximate surface area is 152 Å². The van der Waals surface area contributed by atoms with Gasteiger partial charge in [-0.1, -0.05) is 35.0 Å². The van der Waals surface area contributed by atoms with Gasteiger partial charge in [-0.15, -0.1) is 0 Å². The maximum absolute atomic E-state index is 12.5. The predicted octanol–water partition coefficient (Wildman–Crippen LogP) is 3.09. The van der Waals surface area contributed by atoms with Crippen LogP contribution in [0.25, 0.3) is 11.4 Å². The Morgan fingerprint density at radius 3 is 2.35 bits per heavy atom. The molecule has 2 aromatic carbocycles. The fourth-order valence-electron chi connectivity index (χ4n) is 2.34. The Morgan fingerprint density at radius 2 is 1.73 bits per heavy atom. The van der Waals surface area contributed by atoms with Crippen molar-refractivity contribution in [2.75, 3.05) is 7.11 Å². The molecule has 0 unspecified atom stereocenters. The van der Waals surface area contributed by atoms with E-state index in [0.29, 0.717) is 11.6 Å². The summed E-state index contributed by atoms with van der Waals surface area (Å²) in [5, 5.41) is 3.93. The van der Waals surface area contributed by atoms with Gasteiger partial charge in [0.05, 0.1) is 18.0 Å². The van der Waals surface area contributed by atoms with Gasteiger partial charge >= 0.3 is 0 Å². The molecule has 0 aliphatic heterocycles. The third-order valence-corrected chi connectivity index (χ3v) is 5.38. The molecule has 3 rings (SSSR count). The standard InChI is InChI=1S/C18H19N3O4S/c1-12-4-6-14(7-5-12)17-19-18(25-20-17)13(2)21-26(22,23)16-10-8-15(24-3)9-11-16/h4-11,13,21H,1-3H3/t13-/m0/s1. The molecule has 1 atom stereocenters. The average molecular weight is 373 g/mol. The van der Waals surface area contributed by atoms with Crippen LogP contribution >= 0.6 is 0 Å². The number of aryl methyl sites for hydroxylation is 1. The van der Waals surface area contributed by atoms with Gasteiger partial charge in [0.25, 0.3) is 0 Å². The highest BCUT2D eigenvalue weighted by atomic mass is 32.2. The van der Waals surface area contributed by atoms with Gasteiger partial charge in [0.2, 0.25) is 21.7 Å². The summed E-state index contributed by atoms with van der Waals surface area (Å²) in [5.41, 5.74) is 1.92. The number of benzene rings is 2. The molecule has 7 nitrogen and oxygen atoms in total. The first-order valence-corrected chi connectivity index (χ1v) is 9.44. The van der Waals surface area contributed by atoms with Gasteiger partial charge in [0, 0.05) is 5.56 Å². The topological polar surface area (TPSA) is 94.3 Å². The third kappa shape index (κ3) is 3.92. The fraction of sp³-hybridized carbons (Fsp3) is 0.222. The Balaban J connectivity index is 1.76. The van der Waals surface area contributed by atoms with Crippen LogP contribution in [0.1, 0.15) is 24.4 Å². The van der Waals surface area contributed by atoms with Crippen molar-refractivity contribution in [3.63, 3.8) is 0 Å². The molecule has 0 saturated carbocycles. The number of aromatic nitrogens is 2. The summed E-state index contributed by atoms with van der Waals surface area (Å²) >= 11 is 0. The molecule has 1 N–H and O–H groups in total. The second-order valence-corrected chi connectivity index (χ2v) is 7.55. The zero-order valence-corrected chi connectivity index (χ0v) is 15.4. The number of nitrogens with one attached hydrogen (secondary N) is 1. The quantitative estimate of drug-likeness (QED) is 0.713. The van der Waals surface area contributed by atoms with E-state index < -0.39 is 16.1 Å². The average Bonchev–Trinajstić information content (AvgIpc) is 3.12. The van der Waals surface area contributed by atoms with E-state index in [4.69, 9.17) is 9.26 Å². The number of rotatable bonds is 6. The molecule has 0 radical (unpaired) electrons. The lowest BCUT2D eigenvalue weighted by atomic mass is 10.1. The second kappa shape index (κ2) is 7.27. The molecule has 0 amide bonds. The van der Waals surface area contributed by atoms with Crippen molar-refractivity contribution in [3.05, 3.63) is 60.0 Å². The molecular formula is C18H19N3O4S. The zero-order chi connectivity index (χ0) is 18.7. The molecule has 0 aliphatic rings. The van der Waals surface area contributed by atoms with Crippen molar-refractivity contribution in [1.29, 1.82) is 0 Å². The van der Waals surface area contributed by atoms with Gasteiger partial charge in [-0.25, -0.2) is 8.42 Å². The maximum atomic E-state index is 12.5. The summed E-state index contributed by atoms with van der Waals surface area (Å²) in [6, 6.07) is 13.1. The van der Waals surface area contributed by atoms with Crippen LogP contribution in [0.2, 0.25) is 0 Å². The Hall–Kier alpha value is -2.71. The molecule has 0 bridgehead atoms. The number of hydrogen-bond acceptors (Lipinski definition) is 6. The summed E-state index contributed by atoms with van der Waals surface area (Å²) < 4.78 is 37.8. The first-order chi connectivity index (χ1) is 12.4. The number of sulfonamides is 1. The lowest BCUT2D eigenvalue weighted by molar-refractivity contribution is 0.354. The van der Waals surface area contributed by atoms with Gasteiger partial charge in [-0.3, -0.25) is 0 Å². The molecule has 136 valence electrons. The maximum Gasteiger partial charge on any atom is 0.244 e. The summed E-state index contributed by atoms with van der Waals surface area (Å²) in [6.07, 6.45) is 0. The first kappa shape index (κ1) is 18.1. The van der Waals surface area contributed by atoms with Crippen molar-refractivity contribution in [2.24, 2.45) is 0 Å². The van der Waals surface area contributed by atoms with E-state index in [1.807, 2.05) is 31.2 Å². The van der Waals surface area contributed by atoms with Crippen molar-refractivity contribution in [1.82, 2.24) is 14.9 Å². The second-order valence-electron chi connectivity index (χ2n) is 5.84. The fourth-order valence-corrected chi connectivity index (χ4v) is 3.53. The molecule has 3 aromatic rings. The summed E-state index contributed by atoms with van der Waals surface area (Å²) in [6.45, 7) is 3.63. The van der Waals surface area contributed by atoms with Crippen molar-refractivity contribution in [2.45, 2.75) is 24.8 Å². The smallest absolute Gasteiger partial charge is 0.244 e. The highest BCUT2D eigenvalue weighted by molar-refractivity contribution is 7.89. The molecule has 0 saturated heterocycles. The monoisotopic (exact) mass is 373 g/mol. The highest BCUT2D eigenvalue weighted by Crippen LogP contribution is 2.21. The lowest BCUT2D eigenvalue weighted by Gasteiger charge is -2.11. The summed E-state index contributed by atoms with van der Waals surface area (Å²) in [7, 11) is -2.21.